The van der Waals surface area contributed by atoms with Crippen LogP contribution in [0.3, 0.4) is 0 Å². The highest BCUT2D eigenvalue weighted by atomic mass is 35.5. The van der Waals surface area contributed by atoms with Gasteiger partial charge in [-0.05, 0) is 96.9 Å². The van der Waals surface area contributed by atoms with Gasteiger partial charge in [0.2, 0.25) is 0 Å². The summed E-state index contributed by atoms with van der Waals surface area (Å²) in [6, 6.07) is 32.8. The number of aliphatic carboxylic acids is 2. The van der Waals surface area contributed by atoms with Crippen molar-refractivity contribution < 1.29 is 38.9 Å². The number of ether oxygens (including phenoxy) is 2. The molecule has 5 N–H and O–H groups in total. The Bertz CT molecular complexity index is 1970. The molecule has 0 fully saturated rings. The molecule has 4 aromatic rings. The van der Waals surface area contributed by atoms with E-state index in [4.69, 9.17) is 20.3 Å². The molecule has 58 heavy (non-hydrogen) atoms. The van der Waals surface area contributed by atoms with Crippen molar-refractivity contribution in [2.24, 2.45) is 5.73 Å². The zero-order valence-corrected chi connectivity index (χ0v) is 34.3. The summed E-state index contributed by atoms with van der Waals surface area (Å²) in [6.45, 7) is 12.2. The smallest absolute Gasteiger partial charge is 0.408 e. The maximum atomic E-state index is 12.4. The zero-order valence-electron chi connectivity index (χ0n) is 33.4. The van der Waals surface area contributed by atoms with Crippen molar-refractivity contribution in [3.8, 4) is 22.3 Å². The lowest BCUT2D eigenvalue weighted by molar-refractivity contribution is -0.144. The summed E-state index contributed by atoms with van der Waals surface area (Å²) in [7, 11) is 0. The van der Waals surface area contributed by atoms with Crippen LogP contribution in [-0.2, 0) is 23.9 Å². The molecule has 0 aliphatic heterocycles. The zero-order chi connectivity index (χ0) is 41.6. The monoisotopic (exact) mass is 810 g/mol. The number of carboxylic acid groups (broad SMARTS) is 2. The second kappa shape index (κ2) is 21.7. The fraction of sp³-hybridized carbons (Fsp3) is 0.319. The highest BCUT2D eigenvalue weighted by molar-refractivity contribution is 5.85. The molecular formula is C47H55ClN2O8. The lowest BCUT2D eigenvalue weighted by Crippen LogP contribution is -2.52. The standard InChI is InChI=1S/C23H25NO4.C16H14O2.C8H15NO2.ClH/c1-3-4-9-14-23(2,21(25)26)24-22(27)28-15-20-18-12-7-5-10-16(18)17-11-6-8-13-19(17)20;1-11(17)18-10-16-14-8-4-2-6-12(14)13-7-3-5-9-15(13)16;1-3-4-5-6-8(2,9)7(10)11;/h3,5-8,10-13,20H,1,4,9,14-15H2,2H3,(H,24,27)(H,25,26);2-9,16H,10H2,1H3;3H,1,4-6,9H2,2H3,(H,10,11);1H/t23-;;8-;/m0.0./s1. The number of rotatable bonds is 15. The van der Waals surface area contributed by atoms with Gasteiger partial charge in [0, 0.05) is 18.8 Å². The van der Waals surface area contributed by atoms with E-state index in [-0.39, 0.29) is 36.8 Å². The minimum Gasteiger partial charge on any atom is -0.480 e. The molecule has 0 unspecified atom stereocenters. The fourth-order valence-electron chi connectivity index (χ4n) is 7.04. The second-order valence-electron chi connectivity index (χ2n) is 14.7. The van der Waals surface area contributed by atoms with Crippen LogP contribution in [0, 0.1) is 0 Å². The van der Waals surface area contributed by atoms with Crippen molar-refractivity contribution in [2.75, 3.05) is 13.2 Å². The fourth-order valence-corrected chi connectivity index (χ4v) is 7.04. The molecule has 2 aliphatic rings. The number of carbonyl (C=O) groups excluding carboxylic acids is 2. The van der Waals surface area contributed by atoms with Gasteiger partial charge in [0.15, 0.2) is 0 Å². The summed E-state index contributed by atoms with van der Waals surface area (Å²) in [5, 5.41) is 20.6. The van der Waals surface area contributed by atoms with Gasteiger partial charge in [-0.3, -0.25) is 9.59 Å². The Morgan fingerprint density at radius 2 is 1.02 bits per heavy atom. The van der Waals surface area contributed by atoms with Gasteiger partial charge in [-0.1, -0.05) is 109 Å². The SMILES string of the molecule is C=CCCC[C@](C)(N)C(=O)O.C=CCCC[C@](C)(NC(=O)OCC1c2ccccc2-c2ccccc21)C(=O)O.CC(=O)OCC1c2ccccc2-c2ccccc21.Cl. The first-order valence-corrected chi connectivity index (χ1v) is 19.2. The molecule has 2 aliphatic carbocycles. The molecule has 0 bridgehead atoms. The predicted molar refractivity (Wildman–Crippen MR) is 230 cm³/mol. The van der Waals surface area contributed by atoms with Crippen LogP contribution in [0.1, 0.15) is 93.4 Å². The quantitative estimate of drug-likeness (QED) is 0.0520. The van der Waals surface area contributed by atoms with Gasteiger partial charge in [-0.25, -0.2) is 9.59 Å². The van der Waals surface area contributed by atoms with Crippen LogP contribution >= 0.6 is 12.4 Å². The topological polar surface area (TPSA) is 165 Å². The highest BCUT2D eigenvalue weighted by Gasteiger charge is 2.36. The molecule has 0 aromatic heterocycles. The number of unbranched alkanes of at least 4 members (excludes halogenated alkanes) is 2. The number of amides is 1. The van der Waals surface area contributed by atoms with E-state index >= 15 is 0 Å². The summed E-state index contributed by atoms with van der Waals surface area (Å²) in [5.41, 5.74) is 12.5. The molecule has 0 radical (unpaired) electrons. The number of hydrogen-bond acceptors (Lipinski definition) is 7. The van der Waals surface area contributed by atoms with Crippen molar-refractivity contribution >= 4 is 36.4 Å². The number of fused-ring (bicyclic) bond motifs is 6. The van der Waals surface area contributed by atoms with E-state index in [1.54, 1.807) is 12.2 Å². The lowest BCUT2D eigenvalue weighted by Gasteiger charge is -2.26. The van der Waals surface area contributed by atoms with E-state index in [2.05, 4.69) is 54.9 Å². The van der Waals surface area contributed by atoms with Crippen LogP contribution in [0.25, 0.3) is 22.3 Å². The van der Waals surface area contributed by atoms with Gasteiger partial charge in [0.25, 0.3) is 0 Å². The summed E-state index contributed by atoms with van der Waals surface area (Å²) < 4.78 is 10.7. The van der Waals surface area contributed by atoms with Crippen LogP contribution < -0.4 is 11.1 Å². The van der Waals surface area contributed by atoms with Crippen molar-refractivity contribution in [1.29, 1.82) is 0 Å². The van der Waals surface area contributed by atoms with E-state index in [1.165, 1.54) is 43.0 Å². The third kappa shape index (κ3) is 11.9. The first-order valence-electron chi connectivity index (χ1n) is 19.2. The number of carboxylic acids is 2. The highest BCUT2D eigenvalue weighted by Crippen LogP contribution is 2.45. The number of benzene rings is 4. The van der Waals surface area contributed by atoms with Crippen molar-refractivity contribution in [3.05, 3.63) is 145 Å². The molecule has 6 rings (SSSR count). The van der Waals surface area contributed by atoms with Gasteiger partial charge in [0.1, 0.15) is 24.3 Å². The average molecular weight is 811 g/mol. The first-order chi connectivity index (χ1) is 27.2. The Hall–Kier alpha value is -5.71. The number of alkyl carbamates (subject to hydrolysis) is 1. The second-order valence-corrected chi connectivity index (χ2v) is 14.7. The molecule has 0 saturated heterocycles. The van der Waals surface area contributed by atoms with E-state index in [0.29, 0.717) is 32.3 Å². The number of allylic oxidation sites excluding steroid dienone is 2. The minimum atomic E-state index is -1.37. The Kier molecular flexibility index (Phi) is 17.5. The largest absolute Gasteiger partial charge is 0.480 e. The van der Waals surface area contributed by atoms with E-state index in [1.807, 2.05) is 60.7 Å². The first kappa shape index (κ1) is 46.7. The molecule has 0 heterocycles. The van der Waals surface area contributed by atoms with Crippen molar-refractivity contribution in [3.63, 3.8) is 0 Å². The molecule has 4 aromatic carbocycles. The lowest BCUT2D eigenvalue weighted by atomic mass is 9.95. The molecule has 0 saturated carbocycles. The Morgan fingerprint density at radius 3 is 1.36 bits per heavy atom. The Morgan fingerprint density at radius 1 is 0.655 bits per heavy atom. The van der Waals surface area contributed by atoms with Crippen molar-refractivity contribution in [1.82, 2.24) is 5.32 Å². The molecule has 11 heteroatoms. The van der Waals surface area contributed by atoms with Crippen LogP contribution in [0.4, 0.5) is 4.79 Å². The summed E-state index contributed by atoms with van der Waals surface area (Å²) >= 11 is 0. The van der Waals surface area contributed by atoms with E-state index in [9.17, 15) is 24.3 Å². The molecular weight excluding hydrogens is 756 g/mol. The van der Waals surface area contributed by atoms with Gasteiger partial charge in [0.05, 0.1) is 0 Å². The normalized spacial score (nSPS) is 13.9. The Balaban J connectivity index is 0.000000257. The maximum Gasteiger partial charge on any atom is 0.408 e. The van der Waals surface area contributed by atoms with E-state index in [0.717, 1.165) is 35.1 Å². The average Bonchev–Trinajstić information content (AvgIpc) is 3.69. The number of halogens is 1. The molecule has 10 nitrogen and oxygen atoms in total. The van der Waals surface area contributed by atoms with Gasteiger partial charge in [-0.15, -0.1) is 25.6 Å². The van der Waals surface area contributed by atoms with Gasteiger partial charge >= 0.3 is 24.0 Å². The number of hydrogen-bond donors (Lipinski definition) is 4. The number of nitrogens with one attached hydrogen (secondary N) is 1. The van der Waals surface area contributed by atoms with E-state index < -0.39 is 29.1 Å². The summed E-state index contributed by atoms with van der Waals surface area (Å²) in [5.74, 6) is -2.14. The number of esters is 1. The molecule has 2 atom stereocenters. The van der Waals surface area contributed by atoms with Crippen LogP contribution in [0.5, 0.6) is 0 Å². The molecule has 308 valence electrons. The molecule has 1 amide bonds. The van der Waals surface area contributed by atoms with Gasteiger partial charge in [-0.2, -0.15) is 0 Å². The third-order valence-corrected chi connectivity index (χ3v) is 10.3. The summed E-state index contributed by atoms with van der Waals surface area (Å²) in [6.07, 6.45) is 6.49. The summed E-state index contributed by atoms with van der Waals surface area (Å²) in [4.78, 5) is 45.5. The number of nitrogens with two attached hydrogens (primary N) is 1. The third-order valence-electron chi connectivity index (χ3n) is 10.3. The molecule has 0 spiro atoms. The van der Waals surface area contributed by atoms with Crippen molar-refractivity contribution in [2.45, 2.75) is 82.2 Å². The van der Waals surface area contributed by atoms with Crippen LogP contribution in [-0.4, -0.2) is 58.5 Å². The maximum absolute atomic E-state index is 12.4. The predicted octanol–water partition coefficient (Wildman–Crippen LogP) is 9.65. The number of carbonyl (C=O) groups is 4. The van der Waals surface area contributed by atoms with Crippen LogP contribution in [0.2, 0.25) is 0 Å². The Labute approximate surface area is 347 Å². The minimum absolute atomic E-state index is 0. The van der Waals surface area contributed by atoms with Gasteiger partial charge < -0.3 is 30.7 Å². The van der Waals surface area contributed by atoms with Crippen LogP contribution in [0.15, 0.2) is 122 Å².